The number of amidine groups is 1. The average molecular weight is 473 g/mol. The van der Waals surface area contributed by atoms with Crippen molar-refractivity contribution in [1.82, 2.24) is 15.2 Å². The molecule has 2 aromatic rings. The number of aromatic nitrogens is 1. The molecule has 0 fully saturated rings. The predicted octanol–water partition coefficient (Wildman–Crippen LogP) is 4.81. The topological polar surface area (TPSA) is 93.1 Å². The Bertz CT molecular complexity index is 1070. The van der Waals surface area contributed by atoms with E-state index in [9.17, 15) is 9.59 Å². The van der Waals surface area contributed by atoms with Gasteiger partial charge in [-0.2, -0.15) is 0 Å². The minimum absolute atomic E-state index is 0.0711. The lowest BCUT2D eigenvalue weighted by Crippen LogP contribution is -2.30. The van der Waals surface area contributed by atoms with Crippen molar-refractivity contribution in [1.29, 1.82) is 0 Å². The van der Waals surface area contributed by atoms with Crippen LogP contribution in [0.2, 0.25) is 5.02 Å². The van der Waals surface area contributed by atoms with Gasteiger partial charge in [-0.3, -0.25) is 4.79 Å². The van der Waals surface area contributed by atoms with Gasteiger partial charge in [0, 0.05) is 25.3 Å². The molecule has 1 amide bonds. The molecule has 0 aliphatic carbocycles. The van der Waals surface area contributed by atoms with Gasteiger partial charge in [-0.05, 0) is 71.0 Å². The lowest BCUT2D eigenvalue weighted by Gasteiger charge is -2.21. The first-order valence-corrected chi connectivity index (χ1v) is 10.6. The largest absolute Gasteiger partial charge is 0.457 e. The number of amides is 1. The Morgan fingerprint density at radius 2 is 1.73 bits per heavy atom. The van der Waals surface area contributed by atoms with Crippen LogP contribution in [0.3, 0.4) is 0 Å². The fourth-order valence-electron chi connectivity index (χ4n) is 2.35. The van der Waals surface area contributed by atoms with E-state index in [1.807, 2.05) is 0 Å². The first-order chi connectivity index (χ1) is 15.4. The van der Waals surface area contributed by atoms with Crippen molar-refractivity contribution in [2.45, 2.75) is 40.2 Å². The van der Waals surface area contributed by atoms with E-state index < -0.39 is 17.5 Å². The molecule has 0 aliphatic heterocycles. The first kappa shape index (κ1) is 25.9. The lowest BCUT2D eigenvalue weighted by molar-refractivity contribution is -0.149. The van der Waals surface area contributed by atoms with Crippen molar-refractivity contribution >= 4 is 29.3 Å². The van der Waals surface area contributed by atoms with Crippen molar-refractivity contribution in [3.05, 3.63) is 64.6 Å². The van der Waals surface area contributed by atoms with Gasteiger partial charge >= 0.3 is 5.97 Å². The second kappa shape index (κ2) is 11.0. The fourth-order valence-corrected chi connectivity index (χ4v) is 2.48. The van der Waals surface area contributed by atoms with Crippen LogP contribution in [0.1, 0.15) is 45.0 Å². The number of ether oxygens (including phenoxy) is 2. The molecule has 0 bridgehead atoms. The van der Waals surface area contributed by atoms with Gasteiger partial charge in [-0.25, -0.2) is 14.8 Å². The highest BCUT2D eigenvalue weighted by molar-refractivity contribution is 6.30. The maximum atomic E-state index is 13.2. The van der Waals surface area contributed by atoms with Crippen molar-refractivity contribution in [3.8, 4) is 11.6 Å². The molecule has 0 unspecified atom stereocenters. The van der Waals surface area contributed by atoms with E-state index in [2.05, 4.69) is 15.3 Å². The lowest BCUT2D eigenvalue weighted by atomic mass is 10.2. The van der Waals surface area contributed by atoms with Crippen LogP contribution in [0.4, 0.5) is 0 Å². The first-order valence-electron chi connectivity index (χ1n) is 10.2. The van der Waals surface area contributed by atoms with Crippen LogP contribution in [0.5, 0.6) is 11.6 Å². The molecular weight excluding hydrogens is 444 g/mol. The smallest absolute Gasteiger partial charge is 0.337 e. The van der Waals surface area contributed by atoms with Gasteiger partial charge in [0.05, 0.1) is 5.57 Å². The molecular formula is C24H29ClN4O4. The van der Waals surface area contributed by atoms with Crippen LogP contribution in [0.25, 0.3) is 0 Å². The number of carbonyl (C=O) groups excluding carboxylic acids is 2. The number of benzene rings is 1. The quantitative estimate of drug-likeness (QED) is 0.280. The summed E-state index contributed by atoms with van der Waals surface area (Å²) in [5.41, 5.74) is -0.375. The zero-order valence-electron chi connectivity index (χ0n) is 19.9. The van der Waals surface area contributed by atoms with Gasteiger partial charge in [0.2, 0.25) is 5.88 Å². The number of rotatable bonds is 6. The molecule has 0 saturated carbocycles. The Labute approximate surface area is 199 Å². The Balaban J connectivity index is 2.40. The molecule has 0 aliphatic rings. The molecule has 0 saturated heterocycles. The predicted molar refractivity (Wildman–Crippen MR) is 129 cm³/mol. The summed E-state index contributed by atoms with van der Waals surface area (Å²) in [6.07, 6.45) is 1.51. The van der Waals surface area contributed by atoms with E-state index in [1.54, 1.807) is 90.0 Å². The summed E-state index contributed by atoms with van der Waals surface area (Å²) >= 11 is 5.92. The molecule has 33 heavy (non-hydrogen) atoms. The zero-order chi connectivity index (χ0) is 24.8. The fraction of sp³-hybridized carbons (Fsp3) is 0.333. The highest BCUT2D eigenvalue weighted by Crippen LogP contribution is 2.25. The number of aliphatic imine (C=N–C) groups is 1. The minimum atomic E-state index is -0.698. The second-order valence-corrected chi connectivity index (χ2v) is 8.83. The Hall–Kier alpha value is -3.39. The number of pyridine rings is 1. The highest BCUT2D eigenvalue weighted by atomic mass is 35.5. The van der Waals surface area contributed by atoms with E-state index >= 15 is 0 Å². The van der Waals surface area contributed by atoms with Gasteiger partial charge in [0.25, 0.3) is 5.91 Å². The zero-order valence-corrected chi connectivity index (χ0v) is 20.6. The third kappa shape index (κ3) is 7.91. The number of hydrogen-bond donors (Lipinski definition) is 1. The maximum Gasteiger partial charge on any atom is 0.337 e. The summed E-state index contributed by atoms with van der Waals surface area (Å²) in [6, 6.07) is 9.86. The second-order valence-electron chi connectivity index (χ2n) is 8.40. The molecule has 176 valence electrons. The molecule has 0 atom stereocenters. The van der Waals surface area contributed by atoms with Gasteiger partial charge in [-0.15, -0.1) is 0 Å². The number of carbonyl (C=O) groups is 2. The van der Waals surface area contributed by atoms with Crippen LogP contribution < -0.4 is 10.1 Å². The summed E-state index contributed by atoms with van der Waals surface area (Å²) in [4.78, 5) is 36.2. The van der Waals surface area contributed by atoms with Gasteiger partial charge in [-0.1, -0.05) is 11.6 Å². The summed E-state index contributed by atoms with van der Waals surface area (Å²) in [6.45, 7) is 8.60. The highest BCUT2D eigenvalue weighted by Gasteiger charge is 2.23. The van der Waals surface area contributed by atoms with Crippen LogP contribution in [-0.2, 0) is 9.53 Å². The molecule has 9 heteroatoms. The summed E-state index contributed by atoms with van der Waals surface area (Å²) < 4.78 is 11.2. The average Bonchev–Trinajstić information content (AvgIpc) is 2.73. The Kier molecular flexibility index (Phi) is 8.59. The summed E-state index contributed by atoms with van der Waals surface area (Å²) in [5, 5.41) is 3.26. The van der Waals surface area contributed by atoms with E-state index in [1.165, 1.54) is 6.20 Å². The van der Waals surface area contributed by atoms with Gasteiger partial charge < -0.3 is 19.7 Å². The molecule has 0 radical (unpaired) electrons. The number of nitrogens with zero attached hydrogens (tertiary/aromatic N) is 3. The summed E-state index contributed by atoms with van der Waals surface area (Å²) in [7, 11) is 3.61. The number of nitrogens with one attached hydrogen (secondary N) is 1. The molecule has 0 spiro atoms. The van der Waals surface area contributed by atoms with Crippen LogP contribution >= 0.6 is 11.6 Å². The molecule has 1 heterocycles. The molecule has 1 aromatic heterocycles. The summed E-state index contributed by atoms with van der Waals surface area (Å²) in [5.74, 6) is 0.0882. The normalized spacial score (nSPS) is 12.5. The van der Waals surface area contributed by atoms with E-state index in [4.69, 9.17) is 21.1 Å². The standard InChI is InChI=1S/C24H29ClN4O4/c1-15(23(31)33-24(3,4)5)20(27-16(2)29(6)7)28-21(30)19-9-8-14-26-22(19)32-18-12-10-17(25)11-13-18/h8-14H,1-7H3,(H,28,30)/b20-15-,27-16+. The van der Waals surface area contributed by atoms with Crippen molar-refractivity contribution in [3.63, 3.8) is 0 Å². The van der Waals surface area contributed by atoms with Crippen LogP contribution in [0, 0.1) is 0 Å². The maximum absolute atomic E-state index is 13.2. The van der Waals surface area contributed by atoms with Crippen molar-refractivity contribution < 1.29 is 19.1 Å². The third-order valence-electron chi connectivity index (χ3n) is 4.26. The Morgan fingerprint density at radius 3 is 2.30 bits per heavy atom. The monoisotopic (exact) mass is 472 g/mol. The molecule has 1 N–H and O–H groups in total. The van der Waals surface area contributed by atoms with Gasteiger partial charge in [0.1, 0.15) is 28.6 Å². The minimum Gasteiger partial charge on any atom is -0.457 e. The van der Waals surface area contributed by atoms with E-state index in [0.717, 1.165) is 0 Å². The SMILES string of the molecule is C/C(=N\C(NC(=O)c1cccnc1Oc1ccc(Cl)cc1)=C(/C)C(=O)OC(C)(C)C)N(C)C. The van der Waals surface area contributed by atoms with Gasteiger partial charge in [0.15, 0.2) is 0 Å². The molecule has 1 aromatic carbocycles. The van der Waals surface area contributed by atoms with Crippen LogP contribution in [0.15, 0.2) is 59.0 Å². The number of hydrogen-bond acceptors (Lipinski definition) is 6. The van der Waals surface area contributed by atoms with Crippen molar-refractivity contribution in [2.24, 2.45) is 4.99 Å². The van der Waals surface area contributed by atoms with E-state index in [-0.39, 0.29) is 22.8 Å². The Morgan fingerprint density at radius 1 is 1.09 bits per heavy atom. The number of halogens is 1. The van der Waals surface area contributed by atoms with Crippen LogP contribution in [-0.4, -0.2) is 47.3 Å². The van der Waals surface area contributed by atoms with E-state index in [0.29, 0.717) is 16.6 Å². The third-order valence-corrected chi connectivity index (χ3v) is 4.51. The number of esters is 1. The van der Waals surface area contributed by atoms with Crippen molar-refractivity contribution in [2.75, 3.05) is 14.1 Å². The molecule has 2 rings (SSSR count). The molecule has 8 nitrogen and oxygen atoms in total.